The monoisotopic (exact) mass is 395 g/mol. The SMILES string of the molecule is Cl.c1ccc2c(c1)ncn2Cc1ccc(-c2noc(CC3CCNC3)n2)cc1. The molecule has 0 radical (unpaired) electrons. The van der Waals surface area contributed by atoms with Crippen molar-refractivity contribution < 1.29 is 4.52 Å². The molecule has 4 aromatic rings. The molecule has 0 aliphatic carbocycles. The summed E-state index contributed by atoms with van der Waals surface area (Å²) >= 11 is 0. The van der Waals surface area contributed by atoms with Gasteiger partial charge in [-0.15, -0.1) is 12.4 Å². The first-order chi connectivity index (χ1) is 13.3. The van der Waals surface area contributed by atoms with Gasteiger partial charge in [-0.05, 0) is 43.1 Å². The van der Waals surface area contributed by atoms with Crippen LogP contribution in [0.4, 0.5) is 0 Å². The molecular weight excluding hydrogens is 374 g/mol. The summed E-state index contributed by atoms with van der Waals surface area (Å²) in [6.45, 7) is 2.90. The number of hydrogen-bond acceptors (Lipinski definition) is 5. The molecule has 28 heavy (non-hydrogen) atoms. The molecule has 144 valence electrons. The van der Waals surface area contributed by atoms with Gasteiger partial charge in [0.15, 0.2) is 0 Å². The van der Waals surface area contributed by atoms with E-state index in [4.69, 9.17) is 4.52 Å². The standard InChI is InChI=1S/C21H21N5O.ClH/c1-2-4-19-18(3-1)23-14-26(19)13-15-5-7-17(8-6-15)21-24-20(27-25-21)11-16-9-10-22-12-16;/h1-8,14,16,22H,9-13H2;1H. The lowest BCUT2D eigenvalue weighted by molar-refractivity contribution is 0.358. The van der Waals surface area contributed by atoms with Gasteiger partial charge in [-0.1, -0.05) is 41.6 Å². The first-order valence-corrected chi connectivity index (χ1v) is 9.38. The summed E-state index contributed by atoms with van der Waals surface area (Å²) in [4.78, 5) is 9.02. The number of halogens is 1. The van der Waals surface area contributed by atoms with Crippen molar-refractivity contribution in [3.05, 3.63) is 66.3 Å². The maximum atomic E-state index is 5.44. The zero-order chi connectivity index (χ0) is 18.1. The van der Waals surface area contributed by atoms with Gasteiger partial charge in [0.25, 0.3) is 0 Å². The van der Waals surface area contributed by atoms with Crippen molar-refractivity contribution >= 4 is 23.4 Å². The third kappa shape index (κ3) is 3.79. The number of para-hydroxylation sites is 2. The van der Waals surface area contributed by atoms with E-state index in [9.17, 15) is 0 Å². The smallest absolute Gasteiger partial charge is 0.227 e. The van der Waals surface area contributed by atoms with Gasteiger partial charge in [0.1, 0.15) is 0 Å². The molecule has 1 atom stereocenters. The Bertz CT molecular complexity index is 1050. The Balaban J connectivity index is 0.00000192. The van der Waals surface area contributed by atoms with Gasteiger partial charge in [-0.3, -0.25) is 0 Å². The quantitative estimate of drug-likeness (QED) is 0.558. The zero-order valence-corrected chi connectivity index (χ0v) is 16.2. The summed E-state index contributed by atoms with van der Waals surface area (Å²) in [6.07, 6.45) is 3.92. The molecule has 1 saturated heterocycles. The number of hydrogen-bond donors (Lipinski definition) is 1. The van der Waals surface area contributed by atoms with Crippen LogP contribution in [0.2, 0.25) is 0 Å². The maximum Gasteiger partial charge on any atom is 0.227 e. The van der Waals surface area contributed by atoms with Crippen LogP contribution in [-0.2, 0) is 13.0 Å². The molecule has 0 amide bonds. The van der Waals surface area contributed by atoms with Crippen molar-refractivity contribution in [1.29, 1.82) is 0 Å². The Morgan fingerprint density at radius 2 is 1.96 bits per heavy atom. The molecule has 0 saturated carbocycles. The molecule has 6 nitrogen and oxygen atoms in total. The van der Waals surface area contributed by atoms with Crippen LogP contribution in [-0.4, -0.2) is 32.8 Å². The van der Waals surface area contributed by atoms with E-state index in [2.05, 4.69) is 55.3 Å². The largest absolute Gasteiger partial charge is 0.339 e. The lowest BCUT2D eigenvalue weighted by Gasteiger charge is -2.05. The summed E-state index contributed by atoms with van der Waals surface area (Å²) in [7, 11) is 0. The Morgan fingerprint density at radius 3 is 2.79 bits per heavy atom. The molecule has 0 bridgehead atoms. The third-order valence-electron chi connectivity index (χ3n) is 5.19. The summed E-state index contributed by atoms with van der Waals surface area (Å²) in [5, 5.41) is 7.52. The minimum Gasteiger partial charge on any atom is -0.339 e. The molecule has 2 aromatic carbocycles. The second-order valence-corrected chi connectivity index (χ2v) is 7.13. The van der Waals surface area contributed by atoms with Gasteiger partial charge in [-0.2, -0.15) is 4.98 Å². The number of imidazole rings is 1. The van der Waals surface area contributed by atoms with E-state index in [1.807, 2.05) is 24.5 Å². The molecule has 1 aliphatic rings. The van der Waals surface area contributed by atoms with Gasteiger partial charge in [0.05, 0.1) is 17.4 Å². The van der Waals surface area contributed by atoms with Crippen LogP contribution in [0.25, 0.3) is 22.4 Å². The van der Waals surface area contributed by atoms with Crippen LogP contribution in [0.1, 0.15) is 17.9 Å². The Kier molecular flexibility index (Phi) is 5.41. The maximum absolute atomic E-state index is 5.44. The number of nitrogens with one attached hydrogen (secondary N) is 1. The van der Waals surface area contributed by atoms with E-state index in [1.54, 1.807) is 0 Å². The van der Waals surface area contributed by atoms with Crippen LogP contribution < -0.4 is 5.32 Å². The third-order valence-corrected chi connectivity index (χ3v) is 5.19. The highest BCUT2D eigenvalue weighted by atomic mass is 35.5. The summed E-state index contributed by atoms with van der Waals surface area (Å²) in [5.41, 5.74) is 4.35. The van der Waals surface area contributed by atoms with E-state index in [0.717, 1.165) is 48.5 Å². The fourth-order valence-electron chi connectivity index (χ4n) is 3.68. The van der Waals surface area contributed by atoms with Gasteiger partial charge in [0, 0.05) is 18.5 Å². The number of fused-ring (bicyclic) bond motifs is 1. The predicted molar refractivity (Wildman–Crippen MR) is 110 cm³/mol. The average Bonchev–Trinajstić information content (AvgIpc) is 3.45. The topological polar surface area (TPSA) is 68.8 Å². The van der Waals surface area contributed by atoms with Crippen LogP contribution >= 0.6 is 12.4 Å². The van der Waals surface area contributed by atoms with Crippen molar-refractivity contribution in [2.24, 2.45) is 5.92 Å². The van der Waals surface area contributed by atoms with Crippen LogP contribution in [0.15, 0.2) is 59.4 Å². The predicted octanol–water partition coefficient (Wildman–Crippen LogP) is 3.71. The molecule has 1 N–H and O–H groups in total. The molecule has 0 spiro atoms. The first-order valence-electron chi connectivity index (χ1n) is 9.38. The molecule has 2 aromatic heterocycles. The van der Waals surface area contributed by atoms with Crippen LogP contribution in [0.3, 0.4) is 0 Å². The second kappa shape index (κ2) is 8.12. The molecular formula is C21H22ClN5O. The molecule has 3 heterocycles. The van der Waals surface area contributed by atoms with Crippen molar-refractivity contribution in [3.8, 4) is 11.4 Å². The fourth-order valence-corrected chi connectivity index (χ4v) is 3.68. The molecule has 1 fully saturated rings. The number of benzene rings is 2. The van der Waals surface area contributed by atoms with Gasteiger partial charge >= 0.3 is 0 Å². The summed E-state index contributed by atoms with van der Waals surface area (Å²) in [6, 6.07) is 16.5. The highest BCUT2D eigenvalue weighted by Crippen LogP contribution is 2.20. The minimum atomic E-state index is 0. The number of nitrogens with zero attached hydrogens (tertiary/aromatic N) is 4. The average molecular weight is 396 g/mol. The van der Waals surface area contributed by atoms with Crippen LogP contribution in [0.5, 0.6) is 0 Å². The van der Waals surface area contributed by atoms with E-state index in [-0.39, 0.29) is 12.4 Å². The Hall–Kier alpha value is -2.70. The Labute approximate surface area is 169 Å². The van der Waals surface area contributed by atoms with Crippen molar-refractivity contribution in [3.63, 3.8) is 0 Å². The van der Waals surface area contributed by atoms with Crippen LogP contribution in [0, 0.1) is 5.92 Å². The molecule has 1 aliphatic heterocycles. The lowest BCUT2D eigenvalue weighted by atomic mass is 10.1. The fraction of sp³-hybridized carbons (Fsp3) is 0.286. The summed E-state index contributed by atoms with van der Waals surface area (Å²) in [5.74, 6) is 1.99. The number of rotatable bonds is 5. The van der Waals surface area contributed by atoms with Crippen molar-refractivity contribution in [2.45, 2.75) is 19.4 Å². The van der Waals surface area contributed by atoms with Gasteiger partial charge < -0.3 is 14.4 Å². The zero-order valence-electron chi connectivity index (χ0n) is 15.4. The normalized spacial score (nSPS) is 16.4. The lowest BCUT2D eigenvalue weighted by Crippen LogP contribution is -2.10. The minimum absolute atomic E-state index is 0. The highest BCUT2D eigenvalue weighted by molar-refractivity contribution is 5.85. The number of aromatic nitrogens is 4. The summed E-state index contributed by atoms with van der Waals surface area (Å²) < 4.78 is 7.60. The van der Waals surface area contributed by atoms with Gasteiger partial charge in [-0.25, -0.2) is 4.98 Å². The van der Waals surface area contributed by atoms with E-state index < -0.39 is 0 Å². The van der Waals surface area contributed by atoms with Gasteiger partial charge in [0.2, 0.25) is 11.7 Å². The van der Waals surface area contributed by atoms with Crippen molar-refractivity contribution in [1.82, 2.24) is 25.0 Å². The first kappa shape index (κ1) is 18.7. The van der Waals surface area contributed by atoms with E-state index in [0.29, 0.717) is 11.7 Å². The van der Waals surface area contributed by atoms with E-state index >= 15 is 0 Å². The highest BCUT2D eigenvalue weighted by Gasteiger charge is 2.18. The van der Waals surface area contributed by atoms with Crippen molar-refractivity contribution in [2.75, 3.05) is 13.1 Å². The Morgan fingerprint density at radius 1 is 1.11 bits per heavy atom. The molecule has 1 unspecified atom stereocenters. The molecule has 7 heteroatoms. The second-order valence-electron chi connectivity index (χ2n) is 7.13. The van der Waals surface area contributed by atoms with E-state index in [1.165, 1.54) is 12.0 Å². The molecule has 5 rings (SSSR count).